The summed E-state index contributed by atoms with van der Waals surface area (Å²) in [5, 5.41) is 10.5. The van der Waals surface area contributed by atoms with Gasteiger partial charge in [0.15, 0.2) is 5.96 Å². The number of hydrogen-bond donors (Lipinski definition) is 7. The van der Waals surface area contributed by atoms with Crippen molar-refractivity contribution in [2.45, 2.75) is 37.8 Å². The smallest absolute Gasteiger partial charge is 0.275 e. The van der Waals surface area contributed by atoms with E-state index < -0.39 is 48.0 Å². The Morgan fingerprint density at radius 3 is 2.63 bits per heavy atom. The number of aliphatic imine (C=N–C) groups is 1. The standard InChI is InChI=1S/C25H32N10O6/c26-20(36)11-17-23(39)34-15(2-1-6-32-25(27)28)13-41-19-4-3-14(33-24(40)18-12-29-8-9-30-18)10-16(19)22(38)31-7-5-21(37)35-17/h3-4,8-10,12,15,17H,1-2,5-7,11,13H2,(H2,26,36)(H,31,38)(H,33,40)(H,34,39)(H,35,37)(H4,27,28,32)/t15?,17-/m0/s1. The molecule has 0 aliphatic carbocycles. The number of benzene rings is 1. The van der Waals surface area contributed by atoms with Gasteiger partial charge in [0.05, 0.1) is 24.2 Å². The molecule has 16 nitrogen and oxygen atoms in total. The number of anilines is 1. The first-order chi connectivity index (χ1) is 19.6. The highest BCUT2D eigenvalue weighted by molar-refractivity contribution is 6.04. The lowest BCUT2D eigenvalue weighted by Crippen LogP contribution is -2.52. The van der Waals surface area contributed by atoms with Crippen LogP contribution in [0, 0.1) is 0 Å². The zero-order valence-electron chi connectivity index (χ0n) is 22.1. The van der Waals surface area contributed by atoms with Gasteiger partial charge in [-0.15, -0.1) is 0 Å². The molecule has 1 aromatic carbocycles. The van der Waals surface area contributed by atoms with Crippen molar-refractivity contribution in [2.24, 2.45) is 22.2 Å². The number of primary amides is 1. The fourth-order valence-electron chi connectivity index (χ4n) is 3.82. The molecule has 2 atom stereocenters. The third-order valence-corrected chi connectivity index (χ3v) is 5.76. The first kappa shape index (κ1) is 30.3. The van der Waals surface area contributed by atoms with Crippen LogP contribution in [0.25, 0.3) is 0 Å². The zero-order chi connectivity index (χ0) is 29.8. The Morgan fingerprint density at radius 1 is 1.12 bits per heavy atom. The molecule has 0 fully saturated rings. The number of carbonyl (C=O) groups is 5. The lowest BCUT2D eigenvalue weighted by molar-refractivity contribution is -0.131. The minimum absolute atomic E-state index is 0.0771. The lowest BCUT2D eigenvalue weighted by Gasteiger charge is -2.24. The summed E-state index contributed by atoms with van der Waals surface area (Å²) in [6.07, 6.45) is 4.31. The van der Waals surface area contributed by atoms with Gasteiger partial charge >= 0.3 is 0 Å². The van der Waals surface area contributed by atoms with Gasteiger partial charge in [-0.2, -0.15) is 0 Å². The number of guanidine groups is 1. The fourth-order valence-corrected chi connectivity index (χ4v) is 3.82. The predicted octanol–water partition coefficient (Wildman–Crippen LogP) is -1.86. The van der Waals surface area contributed by atoms with E-state index in [1.807, 2.05) is 0 Å². The summed E-state index contributed by atoms with van der Waals surface area (Å²) in [7, 11) is 0. The molecule has 5 amide bonds. The van der Waals surface area contributed by atoms with Crippen molar-refractivity contribution in [3.63, 3.8) is 0 Å². The highest BCUT2D eigenvalue weighted by Gasteiger charge is 2.26. The van der Waals surface area contributed by atoms with Crippen LogP contribution in [-0.2, 0) is 14.4 Å². The molecule has 218 valence electrons. The number of hydrogen-bond acceptors (Lipinski definition) is 9. The average Bonchev–Trinajstić information content (AvgIpc) is 2.93. The molecule has 0 saturated carbocycles. The minimum atomic E-state index is -1.22. The monoisotopic (exact) mass is 568 g/mol. The van der Waals surface area contributed by atoms with E-state index in [2.05, 4.69) is 36.2 Å². The summed E-state index contributed by atoms with van der Waals surface area (Å²) in [6.45, 7) is 0.110. The van der Waals surface area contributed by atoms with Crippen molar-refractivity contribution >= 4 is 41.2 Å². The van der Waals surface area contributed by atoms with E-state index >= 15 is 0 Å². The van der Waals surface area contributed by atoms with Crippen molar-refractivity contribution in [1.82, 2.24) is 25.9 Å². The molecule has 1 aliphatic rings. The summed E-state index contributed by atoms with van der Waals surface area (Å²) in [5.41, 5.74) is 16.5. The van der Waals surface area contributed by atoms with Crippen LogP contribution in [0.15, 0.2) is 41.8 Å². The first-order valence-corrected chi connectivity index (χ1v) is 12.7. The van der Waals surface area contributed by atoms with Crippen LogP contribution < -0.4 is 43.2 Å². The van der Waals surface area contributed by atoms with Crippen molar-refractivity contribution < 1.29 is 28.7 Å². The number of fused-ring (bicyclic) bond motifs is 1. The summed E-state index contributed by atoms with van der Waals surface area (Å²) in [5.74, 6) is -3.00. The Morgan fingerprint density at radius 2 is 1.93 bits per heavy atom. The van der Waals surface area contributed by atoms with Crippen LogP contribution in [0.2, 0.25) is 0 Å². The van der Waals surface area contributed by atoms with E-state index in [0.29, 0.717) is 12.8 Å². The maximum absolute atomic E-state index is 13.1. The summed E-state index contributed by atoms with van der Waals surface area (Å²) < 4.78 is 5.95. The van der Waals surface area contributed by atoms with Crippen LogP contribution in [0.3, 0.4) is 0 Å². The lowest BCUT2D eigenvalue weighted by atomic mass is 10.1. The van der Waals surface area contributed by atoms with E-state index in [1.165, 1.54) is 36.8 Å². The summed E-state index contributed by atoms with van der Waals surface area (Å²) in [4.78, 5) is 74.4. The molecule has 3 rings (SSSR count). The number of nitrogens with one attached hydrogen (secondary N) is 4. The Balaban J connectivity index is 1.86. The topological polar surface area (TPSA) is 259 Å². The van der Waals surface area contributed by atoms with E-state index in [1.54, 1.807) is 0 Å². The van der Waals surface area contributed by atoms with Gasteiger partial charge in [0, 0.05) is 37.6 Å². The van der Waals surface area contributed by atoms with Crippen molar-refractivity contribution in [2.75, 3.05) is 25.0 Å². The first-order valence-electron chi connectivity index (χ1n) is 12.7. The largest absolute Gasteiger partial charge is 0.491 e. The molecule has 41 heavy (non-hydrogen) atoms. The molecule has 2 heterocycles. The van der Waals surface area contributed by atoms with Gasteiger partial charge in [0.2, 0.25) is 17.7 Å². The van der Waals surface area contributed by atoms with Gasteiger partial charge in [-0.3, -0.25) is 33.9 Å². The molecule has 0 radical (unpaired) electrons. The molecule has 0 bridgehead atoms. The Bertz CT molecular complexity index is 1300. The van der Waals surface area contributed by atoms with Gasteiger partial charge in [-0.25, -0.2) is 4.98 Å². The predicted molar refractivity (Wildman–Crippen MR) is 146 cm³/mol. The second-order valence-corrected chi connectivity index (χ2v) is 9.02. The van der Waals surface area contributed by atoms with E-state index in [4.69, 9.17) is 21.9 Å². The third-order valence-electron chi connectivity index (χ3n) is 5.76. The minimum Gasteiger partial charge on any atom is -0.491 e. The molecule has 16 heteroatoms. The number of rotatable bonds is 8. The van der Waals surface area contributed by atoms with Gasteiger partial charge in [0.1, 0.15) is 24.1 Å². The molecule has 1 unspecified atom stereocenters. The fraction of sp³-hybridized carbons (Fsp3) is 0.360. The number of nitrogens with two attached hydrogens (primary N) is 3. The number of aromatic nitrogens is 2. The van der Waals surface area contributed by atoms with E-state index in [0.717, 1.165) is 0 Å². The SMILES string of the molecule is NC(=O)C[C@@H]1NC(=O)CCNC(=O)c2cc(NC(=O)c3cnccn3)ccc2OCC(CCCN=C(N)N)NC1=O. The van der Waals surface area contributed by atoms with Gasteiger partial charge in [0.25, 0.3) is 11.8 Å². The van der Waals surface area contributed by atoms with Crippen LogP contribution in [-0.4, -0.2) is 77.2 Å². The summed E-state index contributed by atoms with van der Waals surface area (Å²) in [6, 6.07) is 2.60. The molecule has 10 N–H and O–H groups in total. The quantitative estimate of drug-likeness (QED) is 0.106. The Labute approximate surface area is 234 Å². The maximum atomic E-state index is 13.1. The van der Waals surface area contributed by atoms with Crippen LogP contribution in [0.4, 0.5) is 5.69 Å². The Kier molecular flexibility index (Phi) is 10.9. The highest BCUT2D eigenvalue weighted by Crippen LogP contribution is 2.24. The van der Waals surface area contributed by atoms with Gasteiger partial charge in [-0.1, -0.05) is 0 Å². The number of nitrogens with zero attached hydrogens (tertiary/aromatic N) is 3. The normalized spacial score (nSPS) is 17.8. The number of amides is 5. The summed E-state index contributed by atoms with van der Waals surface area (Å²) >= 11 is 0. The van der Waals surface area contributed by atoms with Gasteiger partial charge in [-0.05, 0) is 31.0 Å². The van der Waals surface area contributed by atoms with E-state index in [9.17, 15) is 24.0 Å². The molecule has 2 aromatic rings. The molecular weight excluding hydrogens is 536 g/mol. The Hall–Kier alpha value is -5.28. The number of carbonyl (C=O) groups excluding carboxylic acids is 5. The highest BCUT2D eigenvalue weighted by atomic mass is 16.5. The van der Waals surface area contributed by atoms with Crippen LogP contribution in [0.5, 0.6) is 5.75 Å². The molecule has 0 saturated heterocycles. The second kappa shape index (κ2) is 14.8. The third kappa shape index (κ3) is 9.76. The molecule has 1 aliphatic heterocycles. The maximum Gasteiger partial charge on any atom is 0.275 e. The van der Waals surface area contributed by atoms with Crippen molar-refractivity contribution in [3.05, 3.63) is 48.0 Å². The van der Waals surface area contributed by atoms with E-state index in [-0.39, 0.29) is 54.8 Å². The van der Waals surface area contributed by atoms with Gasteiger partial charge < -0.3 is 43.2 Å². The van der Waals surface area contributed by atoms with Crippen LogP contribution >= 0.6 is 0 Å². The molecule has 0 spiro atoms. The molecular formula is C25H32N10O6. The second-order valence-electron chi connectivity index (χ2n) is 9.02. The average molecular weight is 569 g/mol. The number of ether oxygens (including phenoxy) is 1. The molecule has 1 aromatic heterocycles. The van der Waals surface area contributed by atoms with Crippen molar-refractivity contribution in [3.8, 4) is 5.75 Å². The zero-order valence-corrected chi connectivity index (χ0v) is 22.1. The van der Waals surface area contributed by atoms with Crippen molar-refractivity contribution in [1.29, 1.82) is 0 Å². The van der Waals surface area contributed by atoms with Crippen LogP contribution in [0.1, 0.15) is 46.5 Å².